The molecule has 4 aromatic rings. The minimum atomic E-state index is -1.08. The van der Waals surface area contributed by atoms with E-state index in [1.807, 2.05) is 7.05 Å². The monoisotopic (exact) mass is 541 g/mol. The molecule has 2 N–H and O–H groups in total. The number of ether oxygens (including phenoxy) is 1. The number of hydrogen-bond donors (Lipinski definition) is 2. The Hall–Kier alpha value is -3.70. The van der Waals surface area contributed by atoms with Crippen molar-refractivity contribution in [2.24, 2.45) is 0 Å². The number of amides is 1. The Morgan fingerprint density at radius 3 is 2.82 bits per heavy atom. The minimum Gasteiger partial charge on any atom is -0.462 e. The first-order valence-electron chi connectivity index (χ1n) is 12.2. The van der Waals surface area contributed by atoms with E-state index in [0.717, 1.165) is 30.7 Å². The maximum absolute atomic E-state index is 15.5. The van der Waals surface area contributed by atoms with Gasteiger partial charge in [0.2, 0.25) is 0 Å². The van der Waals surface area contributed by atoms with E-state index in [1.54, 1.807) is 24.3 Å². The molecule has 1 aliphatic rings. The van der Waals surface area contributed by atoms with Gasteiger partial charge in [0.15, 0.2) is 11.0 Å². The third-order valence-electron chi connectivity index (χ3n) is 6.59. The number of hydrogen-bond acceptors (Lipinski definition) is 7. The fourth-order valence-corrected chi connectivity index (χ4v) is 5.50. The second kappa shape index (κ2) is 11.0. The summed E-state index contributed by atoms with van der Waals surface area (Å²) in [5.41, 5.74) is 1.28. The van der Waals surface area contributed by atoms with Crippen molar-refractivity contribution in [3.8, 4) is 17.1 Å². The van der Waals surface area contributed by atoms with Crippen molar-refractivity contribution < 1.29 is 22.7 Å². The minimum absolute atomic E-state index is 0.0861. The van der Waals surface area contributed by atoms with E-state index < -0.39 is 17.6 Å². The van der Waals surface area contributed by atoms with Crippen LogP contribution in [-0.2, 0) is 4.79 Å². The standard InChI is InChI=1S/C27H26F3N5O2S/c1-15(28)26(36)32-9-8-31-25-20-12-21(29)19(18-7-3-5-16-11-23(30)38-24(16)18)13-22(20)33-27(34-25)37-14-17-6-4-10-35(17)2/h3,5,7,11-13,17H,1,4,6,8-10,14H2,2H3,(H,32,36)(H,31,33,34)/t17-/m0/s1. The van der Waals surface area contributed by atoms with Crippen LogP contribution >= 0.6 is 11.3 Å². The molecule has 198 valence electrons. The van der Waals surface area contributed by atoms with Gasteiger partial charge in [-0.25, -0.2) is 8.78 Å². The number of carbonyl (C=O) groups is 1. The molecule has 1 fully saturated rings. The first-order chi connectivity index (χ1) is 18.3. The van der Waals surface area contributed by atoms with E-state index in [9.17, 15) is 13.6 Å². The summed E-state index contributed by atoms with van der Waals surface area (Å²) in [6.07, 6.45) is 2.09. The Labute approximate surface area is 221 Å². The van der Waals surface area contributed by atoms with Gasteiger partial charge in [-0.1, -0.05) is 24.8 Å². The van der Waals surface area contributed by atoms with Crippen molar-refractivity contribution in [2.45, 2.75) is 18.9 Å². The number of nitrogens with one attached hydrogen (secondary N) is 2. The van der Waals surface area contributed by atoms with Crippen molar-refractivity contribution in [1.29, 1.82) is 0 Å². The Balaban J connectivity index is 1.50. The summed E-state index contributed by atoms with van der Waals surface area (Å²) in [5.74, 6) is -2.20. The van der Waals surface area contributed by atoms with Gasteiger partial charge in [0.1, 0.15) is 18.2 Å². The lowest BCUT2D eigenvalue weighted by Crippen LogP contribution is -2.31. The molecule has 1 amide bonds. The van der Waals surface area contributed by atoms with Crippen molar-refractivity contribution in [3.05, 3.63) is 59.8 Å². The fourth-order valence-electron chi connectivity index (χ4n) is 4.59. The Morgan fingerprint density at radius 2 is 2.05 bits per heavy atom. The number of thiophene rings is 1. The average Bonchev–Trinajstić information content (AvgIpc) is 3.48. The summed E-state index contributed by atoms with van der Waals surface area (Å²) in [6, 6.07) is 10.0. The van der Waals surface area contributed by atoms with Gasteiger partial charge in [-0.15, -0.1) is 11.3 Å². The fraction of sp³-hybridized carbons (Fsp3) is 0.296. The van der Waals surface area contributed by atoms with E-state index >= 15 is 4.39 Å². The van der Waals surface area contributed by atoms with Gasteiger partial charge < -0.3 is 20.3 Å². The highest BCUT2D eigenvalue weighted by Gasteiger charge is 2.22. The summed E-state index contributed by atoms with van der Waals surface area (Å²) in [7, 11) is 2.04. The molecule has 3 heterocycles. The van der Waals surface area contributed by atoms with Crippen LogP contribution in [0.3, 0.4) is 0 Å². The first-order valence-corrected chi connectivity index (χ1v) is 13.0. The number of nitrogens with zero attached hydrogens (tertiary/aromatic N) is 3. The Bertz CT molecular complexity index is 1530. The molecule has 7 nitrogen and oxygen atoms in total. The molecule has 2 aromatic heterocycles. The Kier molecular flexibility index (Phi) is 7.48. The second-order valence-corrected chi connectivity index (χ2v) is 10.2. The highest BCUT2D eigenvalue weighted by atomic mass is 32.1. The van der Waals surface area contributed by atoms with Crippen LogP contribution < -0.4 is 15.4 Å². The molecule has 0 aliphatic carbocycles. The molecular formula is C27H26F3N5O2S. The topological polar surface area (TPSA) is 79.4 Å². The lowest BCUT2D eigenvalue weighted by Gasteiger charge is -2.19. The number of aromatic nitrogens is 2. The maximum atomic E-state index is 15.5. The van der Waals surface area contributed by atoms with E-state index in [-0.39, 0.29) is 35.8 Å². The summed E-state index contributed by atoms with van der Waals surface area (Å²) in [6.45, 7) is 4.63. The second-order valence-electron chi connectivity index (χ2n) is 9.15. The third-order valence-corrected chi connectivity index (χ3v) is 7.57. The molecule has 0 saturated carbocycles. The van der Waals surface area contributed by atoms with Crippen LogP contribution in [0.15, 0.2) is 48.8 Å². The molecule has 0 spiro atoms. The van der Waals surface area contributed by atoms with Crippen LogP contribution in [0.25, 0.3) is 32.1 Å². The summed E-state index contributed by atoms with van der Waals surface area (Å²) in [4.78, 5) is 22.7. The molecule has 5 rings (SSSR count). The summed E-state index contributed by atoms with van der Waals surface area (Å²) < 4.78 is 49.0. The van der Waals surface area contributed by atoms with Gasteiger partial charge in [-0.05, 0) is 50.0 Å². The highest BCUT2D eigenvalue weighted by molar-refractivity contribution is 7.18. The smallest absolute Gasteiger partial charge is 0.318 e. The van der Waals surface area contributed by atoms with Crippen molar-refractivity contribution in [3.63, 3.8) is 0 Å². The van der Waals surface area contributed by atoms with Crippen LogP contribution in [0.5, 0.6) is 6.01 Å². The average molecular weight is 542 g/mol. The zero-order chi connectivity index (χ0) is 26.8. The molecule has 0 bridgehead atoms. The molecule has 1 aliphatic heterocycles. The number of benzene rings is 2. The molecule has 1 atom stereocenters. The molecule has 1 saturated heterocycles. The number of fused-ring (bicyclic) bond motifs is 2. The van der Waals surface area contributed by atoms with Gasteiger partial charge in [0, 0.05) is 40.3 Å². The molecule has 0 radical (unpaired) electrons. The quantitative estimate of drug-likeness (QED) is 0.222. The van der Waals surface area contributed by atoms with E-state index in [4.69, 9.17) is 4.74 Å². The molecule has 2 aromatic carbocycles. The van der Waals surface area contributed by atoms with E-state index in [0.29, 0.717) is 39.0 Å². The number of rotatable bonds is 9. The highest BCUT2D eigenvalue weighted by Crippen LogP contribution is 2.38. The number of halogens is 3. The summed E-state index contributed by atoms with van der Waals surface area (Å²) >= 11 is 0.959. The number of anilines is 1. The van der Waals surface area contributed by atoms with E-state index in [1.165, 1.54) is 12.1 Å². The van der Waals surface area contributed by atoms with Gasteiger partial charge in [-0.3, -0.25) is 4.79 Å². The van der Waals surface area contributed by atoms with Crippen LogP contribution in [0.4, 0.5) is 19.0 Å². The lowest BCUT2D eigenvalue weighted by molar-refractivity contribution is -0.118. The maximum Gasteiger partial charge on any atom is 0.318 e. The van der Waals surface area contributed by atoms with Crippen molar-refractivity contribution >= 4 is 44.1 Å². The van der Waals surface area contributed by atoms with Crippen LogP contribution in [0.2, 0.25) is 0 Å². The third kappa shape index (κ3) is 5.44. The number of likely N-dealkylation sites (tertiary alicyclic amines) is 1. The van der Waals surface area contributed by atoms with Crippen LogP contribution in [0.1, 0.15) is 12.8 Å². The zero-order valence-electron chi connectivity index (χ0n) is 20.7. The zero-order valence-corrected chi connectivity index (χ0v) is 21.5. The largest absolute Gasteiger partial charge is 0.462 e. The van der Waals surface area contributed by atoms with Crippen LogP contribution in [0, 0.1) is 10.9 Å². The predicted octanol–water partition coefficient (Wildman–Crippen LogP) is 5.27. The molecule has 11 heteroatoms. The molecule has 0 unspecified atom stereocenters. The van der Waals surface area contributed by atoms with Crippen molar-refractivity contribution in [2.75, 3.05) is 38.6 Å². The van der Waals surface area contributed by atoms with Gasteiger partial charge >= 0.3 is 6.01 Å². The van der Waals surface area contributed by atoms with Crippen LogP contribution in [-0.4, -0.2) is 60.1 Å². The lowest BCUT2D eigenvalue weighted by atomic mass is 10.0. The number of likely N-dealkylation sites (N-methyl/N-ethyl adjacent to an activating group) is 1. The van der Waals surface area contributed by atoms with E-state index in [2.05, 4.69) is 32.1 Å². The molecule has 38 heavy (non-hydrogen) atoms. The Morgan fingerprint density at radius 1 is 1.21 bits per heavy atom. The SMILES string of the molecule is C=C(F)C(=O)NCCNc1nc(OC[C@@H]2CCCN2C)nc2cc(-c3cccc4cc(F)sc34)c(F)cc12. The molecular weight excluding hydrogens is 515 g/mol. The first kappa shape index (κ1) is 25.9. The normalized spacial score (nSPS) is 15.7. The van der Waals surface area contributed by atoms with Gasteiger partial charge in [-0.2, -0.15) is 14.4 Å². The number of carbonyl (C=O) groups excluding carboxylic acids is 1. The van der Waals surface area contributed by atoms with Crippen molar-refractivity contribution in [1.82, 2.24) is 20.2 Å². The summed E-state index contributed by atoms with van der Waals surface area (Å²) in [5, 5.41) is 6.19. The predicted molar refractivity (Wildman–Crippen MR) is 143 cm³/mol. The van der Waals surface area contributed by atoms with Gasteiger partial charge in [0.25, 0.3) is 5.91 Å². The van der Waals surface area contributed by atoms with Gasteiger partial charge in [0.05, 0.1) is 5.52 Å².